The molecule has 6 nitrogen and oxygen atoms in total. The van der Waals surface area contributed by atoms with Crippen LogP contribution < -0.4 is 0 Å². The van der Waals surface area contributed by atoms with Crippen LogP contribution in [0.4, 0.5) is 0 Å². The molecule has 1 atom stereocenters. The predicted molar refractivity (Wildman–Crippen MR) is 167 cm³/mol. The molecule has 0 spiro atoms. The van der Waals surface area contributed by atoms with Gasteiger partial charge in [0.2, 0.25) is 0 Å². The molecule has 0 aliphatic heterocycles. The lowest BCUT2D eigenvalue weighted by atomic mass is 9.69. The average Bonchev–Trinajstić information content (AvgIpc) is 2.98. The zero-order chi connectivity index (χ0) is 31.4. The number of hydrogen-bond donors (Lipinski definition) is 6. The summed E-state index contributed by atoms with van der Waals surface area (Å²) < 4.78 is 0. The Morgan fingerprint density at radius 1 is 0.690 bits per heavy atom. The molecule has 0 saturated heterocycles. The van der Waals surface area contributed by atoms with Crippen molar-refractivity contribution in [1.29, 1.82) is 0 Å². The Balaban J connectivity index is 2.20. The van der Waals surface area contributed by atoms with Crippen molar-refractivity contribution >= 4 is 0 Å². The Morgan fingerprint density at radius 2 is 1.17 bits per heavy atom. The minimum Gasteiger partial charge on any atom is -0.507 e. The Labute approximate surface area is 249 Å². The highest BCUT2D eigenvalue weighted by Gasteiger charge is 2.34. The first-order chi connectivity index (χ1) is 19.8. The smallest absolute Gasteiger partial charge is 0.126 e. The first kappa shape index (κ1) is 32.8. The lowest BCUT2D eigenvalue weighted by molar-refractivity contribution is 0.263. The van der Waals surface area contributed by atoms with Gasteiger partial charge in [-0.1, -0.05) is 62.9 Å². The van der Waals surface area contributed by atoms with Crippen molar-refractivity contribution in [3.8, 4) is 11.5 Å². The highest BCUT2D eigenvalue weighted by atomic mass is 16.3. The van der Waals surface area contributed by atoms with Gasteiger partial charge in [0.25, 0.3) is 0 Å². The largest absolute Gasteiger partial charge is 0.507 e. The quantitative estimate of drug-likeness (QED) is 0.158. The average molecular weight is 573 g/mol. The normalized spacial score (nSPS) is 14.1. The van der Waals surface area contributed by atoms with Crippen LogP contribution in [0.15, 0.2) is 84.0 Å². The summed E-state index contributed by atoms with van der Waals surface area (Å²) in [7, 11) is 0. The van der Waals surface area contributed by atoms with Crippen LogP contribution >= 0.6 is 0 Å². The van der Waals surface area contributed by atoms with Gasteiger partial charge in [-0.2, -0.15) is 0 Å². The molecule has 0 aliphatic rings. The summed E-state index contributed by atoms with van der Waals surface area (Å²) in [5.41, 5.74) is 6.90. The SMILES string of the molecule is C=C(C=C(C)C(C)=CCO)C(C)(c1ccc(C(C)(C)c2cc(CO)c(O)c(CO)c2)cc1)c1cc(C)c(O)c(CO)c1. The number of allylic oxidation sites excluding steroid dienone is 4. The summed E-state index contributed by atoms with van der Waals surface area (Å²) in [6, 6.07) is 15.4. The van der Waals surface area contributed by atoms with E-state index in [9.17, 15) is 30.6 Å². The van der Waals surface area contributed by atoms with Crippen molar-refractivity contribution in [3.63, 3.8) is 0 Å². The van der Waals surface area contributed by atoms with E-state index >= 15 is 0 Å². The zero-order valence-corrected chi connectivity index (χ0v) is 25.5. The van der Waals surface area contributed by atoms with Gasteiger partial charge in [-0.25, -0.2) is 0 Å². The number of phenols is 2. The maximum atomic E-state index is 10.5. The Bertz CT molecular complexity index is 1490. The molecule has 3 rings (SSSR count). The molecule has 3 aromatic carbocycles. The third-order valence-electron chi connectivity index (χ3n) is 8.69. The van der Waals surface area contributed by atoms with E-state index in [4.69, 9.17) is 0 Å². The standard InChI is InChI=1S/C36H44O6/c1-22(12-13-37)23(2)14-25(4)36(7,32-15-24(3)33(41)26(18-32)19-38)30-10-8-29(9-11-30)35(5,6)31-16-27(20-39)34(42)28(17-31)21-40/h8-12,14-18,37-42H,4,13,19-21H2,1-3,5-7H3. The summed E-state index contributed by atoms with van der Waals surface area (Å²) in [5.74, 6) is -0.0267. The van der Waals surface area contributed by atoms with Gasteiger partial charge in [0.1, 0.15) is 11.5 Å². The van der Waals surface area contributed by atoms with Gasteiger partial charge in [0, 0.05) is 27.5 Å². The van der Waals surface area contributed by atoms with Crippen LogP contribution in [0.1, 0.15) is 79.1 Å². The molecule has 1 unspecified atom stereocenters. The number of aromatic hydroxyl groups is 2. The van der Waals surface area contributed by atoms with Gasteiger partial charge in [0.05, 0.1) is 26.4 Å². The highest BCUT2D eigenvalue weighted by Crippen LogP contribution is 2.43. The fourth-order valence-electron chi connectivity index (χ4n) is 5.37. The van der Waals surface area contributed by atoms with Gasteiger partial charge >= 0.3 is 0 Å². The van der Waals surface area contributed by atoms with Gasteiger partial charge < -0.3 is 30.6 Å². The molecular weight excluding hydrogens is 528 g/mol. The second-order valence-corrected chi connectivity index (χ2v) is 11.7. The predicted octanol–water partition coefficient (Wildman–Crippen LogP) is 5.96. The van der Waals surface area contributed by atoms with Crippen molar-refractivity contribution in [1.82, 2.24) is 0 Å². The van der Waals surface area contributed by atoms with Gasteiger partial charge in [0.15, 0.2) is 0 Å². The number of hydrogen-bond acceptors (Lipinski definition) is 6. The molecule has 0 amide bonds. The molecule has 0 aromatic heterocycles. The van der Waals surface area contributed by atoms with Crippen molar-refractivity contribution in [3.05, 3.63) is 128 Å². The fraction of sp³-hybridized carbons (Fsp3) is 0.333. The van der Waals surface area contributed by atoms with Crippen molar-refractivity contribution < 1.29 is 30.6 Å². The van der Waals surface area contributed by atoms with Crippen LogP contribution in [0.25, 0.3) is 0 Å². The molecule has 6 heteroatoms. The third-order valence-corrected chi connectivity index (χ3v) is 8.69. The number of rotatable bonds is 11. The maximum Gasteiger partial charge on any atom is 0.126 e. The minimum atomic E-state index is -0.738. The van der Waals surface area contributed by atoms with Gasteiger partial charge in [-0.3, -0.25) is 0 Å². The topological polar surface area (TPSA) is 121 Å². The molecule has 3 aromatic rings. The van der Waals surface area contributed by atoms with E-state index in [0.717, 1.165) is 39.0 Å². The fourth-order valence-corrected chi connectivity index (χ4v) is 5.37. The second kappa shape index (κ2) is 13.1. The van der Waals surface area contributed by atoms with E-state index < -0.39 is 10.8 Å². The summed E-state index contributed by atoms with van der Waals surface area (Å²) in [4.78, 5) is 0. The first-order valence-electron chi connectivity index (χ1n) is 14.0. The van der Waals surface area contributed by atoms with E-state index in [1.807, 2.05) is 70.2 Å². The van der Waals surface area contributed by atoms with E-state index in [0.29, 0.717) is 22.3 Å². The van der Waals surface area contributed by atoms with Crippen molar-refractivity contribution in [2.45, 2.75) is 72.2 Å². The van der Waals surface area contributed by atoms with Crippen LogP contribution in [-0.2, 0) is 30.7 Å². The van der Waals surface area contributed by atoms with Crippen LogP contribution in [0.3, 0.4) is 0 Å². The molecule has 42 heavy (non-hydrogen) atoms. The minimum absolute atomic E-state index is 0.0599. The van der Waals surface area contributed by atoms with Gasteiger partial charge in [-0.15, -0.1) is 0 Å². The zero-order valence-electron chi connectivity index (χ0n) is 25.5. The highest BCUT2D eigenvalue weighted by molar-refractivity contribution is 5.57. The first-order valence-corrected chi connectivity index (χ1v) is 14.0. The number of aliphatic hydroxyl groups is 4. The summed E-state index contributed by atoms with van der Waals surface area (Å²) in [6.45, 7) is 15.3. The Hall–Kier alpha value is -3.68. The van der Waals surface area contributed by atoms with Crippen molar-refractivity contribution in [2.24, 2.45) is 0 Å². The molecule has 0 aliphatic carbocycles. The molecule has 6 N–H and O–H groups in total. The lowest BCUT2D eigenvalue weighted by Crippen LogP contribution is -2.27. The van der Waals surface area contributed by atoms with Crippen LogP contribution in [0.2, 0.25) is 0 Å². The van der Waals surface area contributed by atoms with Crippen LogP contribution in [0, 0.1) is 6.92 Å². The lowest BCUT2D eigenvalue weighted by Gasteiger charge is -2.34. The summed E-state index contributed by atoms with van der Waals surface area (Å²) in [5, 5.41) is 59.8. The van der Waals surface area contributed by atoms with E-state index in [2.05, 4.69) is 13.5 Å². The summed E-state index contributed by atoms with van der Waals surface area (Å²) >= 11 is 0. The van der Waals surface area contributed by atoms with E-state index in [-0.39, 0.29) is 37.9 Å². The summed E-state index contributed by atoms with van der Waals surface area (Å²) in [6.07, 6.45) is 3.75. The van der Waals surface area contributed by atoms with E-state index in [1.54, 1.807) is 25.1 Å². The van der Waals surface area contributed by atoms with Crippen molar-refractivity contribution in [2.75, 3.05) is 6.61 Å². The van der Waals surface area contributed by atoms with Crippen LogP contribution in [0.5, 0.6) is 11.5 Å². The molecule has 0 saturated carbocycles. The Kier molecular flexibility index (Phi) is 10.2. The third kappa shape index (κ3) is 6.22. The molecule has 0 heterocycles. The molecule has 0 bridgehead atoms. The molecule has 224 valence electrons. The Morgan fingerprint density at radius 3 is 1.67 bits per heavy atom. The second-order valence-electron chi connectivity index (χ2n) is 11.7. The molecule has 0 radical (unpaired) electrons. The number of benzene rings is 3. The molecule has 0 fully saturated rings. The monoisotopic (exact) mass is 572 g/mol. The number of aliphatic hydroxyl groups excluding tert-OH is 4. The van der Waals surface area contributed by atoms with Gasteiger partial charge in [-0.05, 0) is 90.4 Å². The number of aryl methyl sites for hydroxylation is 1. The maximum absolute atomic E-state index is 10.5. The van der Waals surface area contributed by atoms with Crippen LogP contribution in [-0.4, -0.2) is 37.2 Å². The van der Waals surface area contributed by atoms with E-state index in [1.165, 1.54) is 0 Å². The molecular formula is C36H44O6.